The highest BCUT2D eigenvalue weighted by atomic mass is 16.5. The van der Waals surface area contributed by atoms with Gasteiger partial charge in [-0.3, -0.25) is 9.69 Å². The molecule has 2 fully saturated rings. The molecule has 1 amide bonds. The summed E-state index contributed by atoms with van der Waals surface area (Å²) >= 11 is 0. The molecule has 1 aromatic rings. The van der Waals surface area contributed by atoms with Crippen LogP contribution in [0.2, 0.25) is 0 Å². The number of nitrogens with zero attached hydrogens (tertiary/aromatic N) is 1. The lowest BCUT2D eigenvalue weighted by molar-refractivity contribution is -0.125. The molecule has 26 heavy (non-hydrogen) atoms. The topological polar surface area (TPSA) is 61.8 Å². The SMILES string of the molecule is COc1ccccc1C1(O)CCN(CC(=O)N[C@H]2CCCC[C@@H]2C)CC1. The summed E-state index contributed by atoms with van der Waals surface area (Å²) in [6.07, 6.45) is 6.02. The number of likely N-dealkylation sites (tertiary alicyclic amines) is 1. The second-order valence-electron chi connectivity index (χ2n) is 7.94. The van der Waals surface area contributed by atoms with Crippen LogP contribution in [0.25, 0.3) is 0 Å². The second kappa shape index (κ2) is 8.40. The van der Waals surface area contributed by atoms with Crippen molar-refractivity contribution in [3.63, 3.8) is 0 Å². The number of carbonyl (C=O) groups excluding carboxylic acids is 1. The molecule has 3 rings (SSSR count). The van der Waals surface area contributed by atoms with Gasteiger partial charge in [-0.25, -0.2) is 0 Å². The monoisotopic (exact) mass is 360 g/mol. The molecule has 1 saturated carbocycles. The van der Waals surface area contributed by atoms with Crippen molar-refractivity contribution in [2.75, 3.05) is 26.7 Å². The van der Waals surface area contributed by atoms with Crippen LogP contribution >= 0.6 is 0 Å². The average Bonchev–Trinajstić information content (AvgIpc) is 2.65. The first kappa shape index (κ1) is 19.2. The minimum Gasteiger partial charge on any atom is -0.496 e. The van der Waals surface area contributed by atoms with Gasteiger partial charge in [0.1, 0.15) is 5.75 Å². The number of piperidine rings is 1. The maximum absolute atomic E-state index is 12.4. The van der Waals surface area contributed by atoms with Crippen molar-refractivity contribution in [2.24, 2.45) is 5.92 Å². The minimum atomic E-state index is -0.878. The van der Waals surface area contributed by atoms with Gasteiger partial charge in [0.15, 0.2) is 0 Å². The molecule has 0 radical (unpaired) electrons. The molecule has 0 spiro atoms. The summed E-state index contributed by atoms with van der Waals surface area (Å²) in [5.41, 5.74) is -0.0279. The number of amides is 1. The summed E-state index contributed by atoms with van der Waals surface area (Å²) in [6.45, 7) is 4.08. The molecule has 1 saturated heterocycles. The maximum Gasteiger partial charge on any atom is 0.234 e. The Kier molecular flexibility index (Phi) is 6.20. The van der Waals surface area contributed by atoms with Gasteiger partial charge in [0.05, 0.1) is 19.3 Å². The molecule has 2 atom stereocenters. The third kappa shape index (κ3) is 4.38. The van der Waals surface area contributed by atoms with E-state index in [1.165, 1.54) is 19.3 Å². The van der Waals surface area contributed by atoms with Crippen molar-refractivity contribution < 1.29 is 14.6 Å². The van der Waals surface area contributed by atoms with Gasteiger partial charge >= 0.3 is 0 Å². The van der Waals surface area contributed by atoms with E-state index in [2.05, 4.69) is 17.1 Å². The van der Waals surface area contributed by atoms with Crippen molar-refractivity contribution in [2.45, 2.75) is 57.1 Å². The largest absolute Gasteiger partial charge is 0.496 e. The number of aliphatic hydroxyl groups is 1. The molecule has 1 aliphatic heterocycles. The number of hydrogen-bond acceptors (Lipinski definition) is 4. The Hall–Kier alpha value is -1.59. The first-order valence-corrected chi connectivity index (χ1v) is 9.89. The van der Waals surface area contributed by atoms with E-state index >= 15 is 0 Å². The normalized spacial score (nSPS) is 26.3. The van der Waals surface area contributed by atoms with E-state index < -0.39 is 5.60 Å². The number of carbonyl (C=O) groups is 1. The van der Waals surface area contributed by atoms with E-state index in [0.717, 1.165) is 17.7 Å². The van der Waals surface area contributed by atoms with Crippen LogP contribution in [-0.4, -0.2) is 48.7 Å². The zero-order chi connectivity index (χ0) is 18.6. The molecule has 1 aromatic carbocycles. The molecule has 0 aromatic heterocycles. The Balaban J connectivity index is 1.52. The van der Waals surface area contributed by atoms with E-state index in [4.69, 9.17) is 4.74 Å². The van der Waals surface area contributed by atoms with Crippen LogP contribution in [0.3, 0.4) is 0 Å². The zero-order valence-corrected chi connectivity index (χ0v) is 16.0. The lowest BCUT2D eigenvalue weighted by Gasteiger charge is -2.39. The van der Waals surface area contributed by atoms with Gasteiger partial charge in [0.2, 0.25) is 5.91 Å². The average molecular weight is 360 g/mol. The fourth-order valence-electron chi connectivity index (χ4n) is 4.37. The second-order valence-corrected chi connectivity index (χ2v) is 7.94. The highest BCUT2D eigenvalue weighted by molar-refractivity contribution is 5.78. The number of nitrogens with one attached hydrogen (secondary N) is 1. The number of rotatable bonds is 5. The van der Waals surface area contributed by atoms with Gasteiger partial charge in [-0.15, -0.1) is 0 Å². The molecule has 5 nitrogen and oxygen atoms in total. The highest BCUT2D eigenvalue weighted by Gasteiger charge is 2.36. The molecule has 1 aliphatic carbocycles. The molecule has 144 valence electrons. The number of methoxy groups -OCH3 is 1. The molecule has 2 N–H and O–H groups in total. The smallest absolute Gasteiger partial charge is 0.234 e. The van der Waals surface area contributed by atoms with E-state index in [1.807, 2.05) is 24.3 Å². The van der Waals surface area contributed by atoms with E-state index in [0.29, 0.717) is 44.4 Å². The number of benzene rings is 1. The van der Waals surface area contributed by atoms with E-state index in [-0.39, 0.29) is 5.91 Å². The van der Waals surface area contributed by atoms with Crippen LogP contribution in [0.4, 0.5) is 0 Å². The van der Waals surface area contributed by atoms with Gasteiger partial charge in [-0.05, 0) is 37.7 Å². The third-order valence-corrected chi connectivity index (χ3v) is 6.12. The number of ether oxygens (including phenoxy) is 1. The Bertz CT molecular complexity index is 611. The molecule has 0 unspecified atom stereocenters. The van der Waals surface area contributed by atoms with E-state index in [9.17, 15) is 9.90 Å². The fraction of sp³-hybridized carbons (Fsp3) is 0.667. The lowest BCUT2D eigenvalue weighted by Crippen LogP contribution is -2.49. The van der Waals surface area contributed by atoms with Crippen LogP contribution in [0.1, 0.15) is 51.0 Å². The summed E-state index contributed by atoms with van der Waals surface area (Å²) in [4.78, 5) is 14.6. The van der Waals surface area contributed by atoms with Gasteiger partial charge in [-0.1, -0.05) is 38.0 Å². The summed E-state index contributed by atoms with van der Waals surface area (Å²) in [5, 5.41) is 14.3. The summed E-state index contributed by atoms with van der Waals surface area (Å²) in [6, 6.07) is 7.99. The third-order valence-electron chi connectivity index (χ3n) is 6.12. The Morgan fingerprint density at radius 2 is 1.96 bits per heavy atom. The van der Waals surface area contributed by atoms with Crippen LogP contribution in [0.15, 0.2) is 24.3 Å². The quantitative estimate of drug-likeness (QED) is 0.847. The zero-order valence-electron chi connectivity index (χ0n) is 16.0. The predicted molar refractivity (Wildman–Crippen MR) is 102 cm³/mol. The lowest BCUT2D eigenvalue weighted by atomic mass is 9.84. The maximum atomic E-state index is 12.4. The molecule has 5 heteroatoms. The molecule has 0 bridgehead atoms. The van der Waals surface area contributed by atoms with Crippen molar-refractivity contribution in [3.8, 4) is 5.75 Å². The van der Waals surface area contributed by atoms with Crippen molar-refractivity contribution in [3.05, 3.63) is 29.8 Å². The standard InChI is InChI=1S/C21H32N2O3/c1-16-7-3-5-9-18(16)22-20(24)15-23-13-11-21(25,12-14-23)17-8-4-6-10-19(17)26-2/h4,6,8,10,16,18,25H,3,5,7,9,11-15H2,1-2H3,(H,22,24)/t16-,18-/m0/s1. The number of para-hydroxylation sites is 1. The fourth-order valence-corrected chi connectivity index (χ4v) is 4.37. The molecule has 2 aliphatic rings. The van der Waals surface area contributed by atoms with Crippen LogP contribution in [0.5, 0.6) is 5.75 Å². The van der Waals surface area contributed by atoms with Gasteiger partial charge in [0.25, 0.3) is 0 Å². The summed E-state index contributed by atoms with van der Waals surface area (Å²) in [7, 11) is 1.63. The van der Waals surface area contributed by atoms with Crippen molar-refractivity contribution in [1.29, 1.82) is 0 Å². The first-order chi connectivity index (χ1) is 12.5. The number of hydrogen-bond donors (Lipinski definition) is 2. The Morgan fingerprint density at radius 3 is 2.65 bits per heavy atom. The van der Waals surface area contributed by atoms with Crippen LogP contribution < -0.4 is 10.1 Å². The van der Waals surface area contributed by atoms with Crippen molar-refractivity contribution in [1.82, 2.24) is 10.2 Å². The van der Waals surface area contributed by atoms with Gasteiger partial charge in [0, 0.05) is 24.7 Å². The Morgan fingerprint density at radius 1 is 1.27 bits per heavy atom. The van der Waals surface area contributed by atoms with E-state index in [1.54, 1.807) is 7.11 Å². The summed E-state index contributed by atoms with van der Waals surface area (Å²) in [5.74, 6) is 1.42. The highest BCUT2D eigenvalue weighted by Crippen LogP contribution is 2.37. The van der Waals surface area contributed by atoms with Crippen LogP contribution in [0, 0.1) is 5.92 Å². The predicted octanol–water partition coefficient (Wildman–Crippen LogP) is 2.67. The first-order valence-electron chi connectivity index (χ1n) is 9.89. The minimum absolute atomic E-state index is 0.117. The Labute approximate surface area is 156 Å². The van der Waals surface area contributed by atoms with Crippen molar-refractivity contribution >= 4 is 5.91 Å². The summed E-state index contributed by atoms with van der Waals surface area (Å²) < 4.78 is 5.41. The van der Waals surface area contributed by atoms with Crippen LogP contribution in [-0.2, 0) is 10.4 Å². The molecular weight excluding hydrogens is 328 g/mol. The molecule has 1 heterocycles. The molecular formula is C21H32N2O3. The van der Waals surface area contributed by atoms with Gasteiger partial charge in [-0.2, -0.15) is 0 Å². The van der Waals surface area contributed by atoms with Gasteiger partial charge < -0.3 is 15.2 Å².